The molecular weight excluding hydrogens is 734 g/mol. The Kier molecular flexibility index (Phi) is 12.8. The van der Waals surface area contributed by atoms with E-state index in [0.717, 1.165) is 10.9 Å². The van der Waals surface area contributed by atoms with Crippen molar-refractivity contribution in [2.45, 2.75) is 49.3 Å². The molecule has 0 bridgehead atoms. The fourth-order valence-corrected chi connectivity index (χ4v) is 7.03. The van der Waals surface area contributed by atoms with Crippen LogP contribution in [-0.2, 0) is 46.4 Å². The van der Waals surface area contributed by atoms with Crippen LogP contribution in [0.15, 0.2) is 37.2 Å². The highest BCUT2D eigenvalue weighted by Gasteiger charge is 2.53. The lowest BCUT2D eigenvalue weighted by atomic mass is 10.1. The number of primary amides is 1. The number of ether oxygens (including phenoxy) is 3. The number of fused-ring (bicyclic) bond motifs is 1. The molecule has 5 rings (SSSR count). The first-order valence-corrected chi connectivity index (χ1v) is 17.7. The molecule has 3 aromatic rings. The highest BCUT2D eigenvalue weighted by Crippen LogP contribution is 2.61. The van der Waals surface area contributed by atoms with Crippen molar-refractivity contribution in [2.24, 2.45) is 11.6 Å². The second-order valence-corrected chi connectivity index (χ2v) is 13.7. The van der Waals surface area contributed by atoms with E-state index in [2.05, 4.69) is 29.6 Å². The van der Waals surface area contributed by atoms with Crippen molar-refractivity contribution in [1.29, 1.82) is 0 Å². The Morgan fingerprint density at radius 3 is 2.51 bits per heavy atom. The van der Waals surface area contributed by atoms with Crippen molar-refractivity contribution in [3.05, 3.63) is 42.7 Å². The molecule has 51 heavy (non-hydrogen) atoms. The highest BCUT2D eigenvalue weighted by molar-refractivity contribution is 7.61. The summed E-state index contributed by atoms with van der Waals surface area (Å²) in [6, 6.07) is 2.73. The lowest BCUT2D eigenvalue weighted by Crippen LogP contribution is -2.46. The Morgan fingerprint density at radius 2 is 1.76 bits per heavy atom. The summed E-state index contributed by atoms with van der Waals surface area (Å²) >= 11 is 0. The summed E-state index contributed by atoms with van der Waals surface area (Å²) in [5.41, 5.74) is 8.15. The number of hydrogen-bond acceptors (Lipinski definition) is 20. The lowest BCUT2D eigenvalue weighted by molar-refractivity contribution is -0.767. The summed E-state index contributed by atoms with van der Waals surface area (Å²) in [4.78, 5) is 53.8. The summed E-state index contributed by atoms with van der Waals surface area (Å²) in [7, 11) is -11.1. The van der Waals surface area contributed by atoms with Crippen LogP contribution in [0.1, 0.15) is 22.8 Å². The van der Waals surface area contributed by atoms with Gasteiger partial charge in [-0.1, -0.05) is 0 Å². The molecular formula is C24H35N8O17P2+. The first-order chi connectivity index (χ1) is 24.2. The zero-order valence-electron chi connectivity index (χ0n) is 26.1. The number of nitrogens with two attached hydrogens (primary N) is 2. The second-order valence-electron chi connectivity index (χ2n) is 10.7. The van der Waals surface area contributed by atoms with Crippen molar-refractivity contribution < 1.29 is 85.9 Å². The number of imidazole rings is 1. The number of anilines is 1. The van der Waals surface area contributed by atoms with Crippen LogP contribution in [0.5, 0.6) is 0 Å². The average Bonchev–Trinajstić information content (AvgIpc) is 3.72. The smallest absolute Gasteiger partial charge is 0.387 e. The van der Waals surface area contributed by atoms with Gasteiger partial charge in [0.25, 0.3) is 12.1 Å². The monoisotopic (exact) mass is 769 g/mol. The van der Waals surface area contributed by atoms with E-state index in [0.29, 0.717) is 0 Å². The van der Waals surface area contributed by atoms with E-state index in [-0.39, 0.29) is 49.0 Å². The van der Waals surface area contributed by atoms with E-state index in [1.54, 1.807) is 0 Å². The molecule has 3 aromatic heterocycles. The minimum Gasteiger partial charge on any atom is -0.387 e. The number of aliphatic hydroxyl groups excluding tert-OH is 4. The van der Waals surface area contributed by atoms with Crippen LogP contribution in [0.4, 0.5) is 5.82 Å². The highest BCUT2D eigenvalue weighted by atomic mass is 31.3. The summed E-state index contributed by atoms with van der Waals surface area (Å²) in [6.45, 7) is -0.183. The standard InChI is InChI=1S/C24H34N8O17P2/c25-19(37)12-2-1-3-31(8-12)22-17(35)18(36)24(47-22)48-51(40,41)49-50(38,39)45-9-13-15(33)16(34)23(46-13)32-11-29-14-20(27-10-28-21(14)32)30-44-7-5-42-4-6-43-26/h1-3,8,10-11,13,15-18,22-24,33-36H,4-7,9,26H2,(H4-,25,27,28,30,37,38,39,40,41)/p+1/t13-,15?,16?,17?,18?,22+,23-,24+/m1/s1. The van der Waals surface area contributed by atoms with E-state index in [9.17, 15) is 44.1 Å². The Hall–Kier alpha value is -3.17. The van der Waals surface area contributed by atoms with Crippen molar-refractivity contribution in [3.63, 3.8) is 0 Å². The molecule has 2 saturated heterocycles. The summed E-state index contributed by atoms with van der Waals surface area (Å²) in [5.74, 6) is 4.24. The summed E-state index contributed by atoms with van der Waals surface area (Å²) in [6.07, 6.45) is -8.62. The van der Waals surface area contributed by atoms with Gasteiger partial charge >= 0.3 is 15.6 Å². The number of amides is 1. The van der Waals surface area contributed by atoms with Crippen LogP contribution in [-0.4, -0.2) is 125 Å². The maximum atomic E-state index is 12.6. The number of rotatable bonds is 18. The van der Waals surface area contributed by atoms with Gasteiger partial charge in [-0.25, -0.2) is 35.5 Å². The number of carbonyl (C=O) groups excluding carboxylic acids is 1. The maximum absolute atomic E-state index is 12.6. The van der Waals surface area contributed by atoms with Gasteiger partial charge in [0, 0.05) is 6.07 Å². The Labute approximate surface area is 286 Å². The van der Waals surface area contributed by atoms with E-state index in [4.69, 9.17) is 39.7 Å². The lowest BCUT2D eigenvalue weighted by Gasteiger charge is -2.21. The number of carbonyl (C=O) groups is 1. The van der Waals surface area contributed by atoms with Crippen LogP contribution in [0.2, 0.25) is 0 Å². The third-order valence-electron chi connectivity index (χ3n) is 7.25. The van der Waals surface area contributed by atoms with Crippen molar-refractivity contribution >= 4 is 38.5 Å². The fourth-order valence-electron chi connectivity index (χ4n) is 4.87. The molecule has 2 aliphatic heterocycles. The number of nitrogens with one attached hydrogen (secondary N) is 1. The van der Waals surface area contributed by atoms with Crippen LogP contribution in [0.3, 0.4) is 0 Å². The molecule has 6 unspecified atom stereocenters. The molecule has 0 aromatic carbocycles. The molecule has 25 nitrogen and oxygen atoms in total. The SMILES string of the molecule is NOCCOCCONc1ncnc2c1ncn2[C@@H]1O[C@H](COP(=O)(O)OP(=O)(O)O[C@@H]2O[C@H]([n+]3cccc(C(N)=O)c3)C(O)C2O)C(O)C1O. The van der Waals surface area contributed by atoms with Gasteiger partial charge < -0.3 is 50.3 Å². The van der Waals surface area contributed by atoms with Gasteiger partial charge in [-0.15, -0.1) is 0 Å². The van der Waals surface area contributed by atoms with Gasteiger partial charge in [0.15, 0.2) is 41.7 Å². The molecule has 0 saturated carbocycles. The summed E-state index contributed by atoms with van der Waals surface area (Å²) < 4.78 is 57.5. The molecule has 2 fully saturated rings. The van der Waals surface area contributed by atoms with Crippen LogP contribution < -0.4 is 21.7 Å². The number of nitrogens with zero attached hydrogens (tertiary/aromatic N) is 5. The number of phosphoric ester groups is 2. The van der Waals surface area contributed by atoms with Crippen molar-refractivity contribution in [3.8, 4) is 0 Å². The Balaban J connectivity index is 1.16. The minimum atomic E-state index is -5.59. The maximum Gasteiger partial charge on any atom is 0.483 e. The first kappa shape index (κ1) is 39.0. The van der Waals surface area contributed by atoms with Gasteiger partial charge in [0.2, 0.25) is 6.29 Å². The molecule has 0 radical (unpaired) electrons. The largest absolute Gasteiger partial charge is 0.483 e. The topological polar surface area (TPSA) is 358 Å². The van der Waals surface area contributed by atoms with Gasteiger partial charge in [0.05, 0.1) is 39.4 Å². The average molecular weight is 770 g/mol. The van der Waals surface area contributed by atoms with Gasteiger partial charge in [-0.3, -0.25) is 28.0 Å². The van der Waals surface area contributed by atoms with Crippen LogP contribution >= 0.6 is 15.6 Å². The molecule has 0 aliphatic carbocycles. The molecule has 2 aliphatic rings. The third kappa shape index (κ3) is 9.44. The van der Waals surface area contributed by atoms with Crippen LogP contribution in [0.25, 0.3) is 11.2 Å². The Bertz CT molecular complexity index is 1760. The van der Waals surface area contributed by atoms with Crippen LogP contribution in [0, 0.1) is 0 Å². The minimum absolute atomic E-state index is 0.00499. The van der Waals surface area contributed by atoms with Crippen molar-refractivity contribution in [2.75, 3.05) is 38.5 Å². The molecule has 0 spiro atoms. The summed E-state index contributed by atoms with van der Waals surface area (Å²) in [5, 5.41) is 42.1. The fraction of sp³-hybridized carbons (Fsp3) is 0.542. The molecule has 1 amide bonds. The third-order valence-corrected chi connectivity index (χ3v) is 9.86. The molecule has 10 atom stereocenters. The van der Waals surface area contributed by atoms with E-state index in [1.165, 1.54) is 35.4 Å². The molecule has 27 heteroatoms. The normalized spacial score (nSPS) is 28.8. The number of aliphatic hydroxyl groups is 4. The molecule has 282 valence electrons. The zero-order valence-corrected chi connectivity index (χ0v) is 27.9. The predicted molar refractivity (Wildman–Crippen MR) is 161 cm³/mol. The van der Waals surface area contributed by atoms with Gasteiger partial charge in [0.1, 0.15) is 36.3 Å². The number of aromatic nitrogens is 5. The number of pyridine rings is 1. The van der Waals surface area contributed by atoms with E-state index >= 15 is 0 Å². The van der Waals surface area contributed by atoms with E-state index < -0.39 is 77.4 Å². The molecule has 11 N–H and O–H groups in total. The second kappa shape index (κ2) is 16.7. The van der Waals surface area contributed by atoms with Crippen molar-refractivity contribution in [1.82, 2.24) is 19.5 Å². The van der Waals surface area contributed by atoms with Gasteiger partial charge in [-0.05, 0) is 6.07 Å². The molecule has 5 heterocycles. The van der Waals surface area contributed by atoms with E-state index in [1.807, 2.05) is 0 Å². The first-order valence-electron chi connectivity index (χ1n) is 14.7. The van der Waals surface area contributed by atoms with Gasteiger partial charge in [-0.2, -0.15) is 8.88 Å². The Morgan fingerprint density at radius 1 is 1.00 bits per heavy atom. The predicted octanol–water partition coefficient (Wildman–Crippen LogP) is -3.39. The number of hydrogen-bond donors (Lipinski definition) is 9. The zero-order chi connectivity index (χ0) is 36.9. The number of phosphoric acid groups is 2. The quantitative estimate of drug-likeness (QED) is 0.0263.